The molecular weight excluding hydrogens is 447 g/mol. The summed E-state index contributed by atoms with van der Waals surface area (Å²) >= 11 is 0.438. The van der Waals surface area contributed by atoms with Gasteiger partial charge < -0.3 is 9.84 Å². The van der Waals surface area contributed by atoms with Gasteiger partial charge in [0, 0.05) is 24.2 Å². The second-order valence-electron chi connectivity index (χ2n) is 7.15. The van der Waals surface area contributed by atoms with Crippen molar-refractivity contribution in [1.82, 2.24) is 24.5 Å². The van der Waals surface area contributed by atoms with Gasteiger partial charge in [-0.25, -0.2) is 15.0 Å². The van der Waals surface area contributed by atoms with Crippen molar-refractivity contribution in [2.24, 2.45) is 0 Å². The summed E-state index contributed by atoms with van der Waals surface area (Å²) < 4.78 is 45.7. The maximum absolute atomic E-state index is 13.3. The standard InChI is InChI=1S/C20H14F3N5O3S/c21-20(22,23)19-25-6-15(32-19)12-4-11-17(16(27-12)10-2-1-3-24-5-10)26-9-28(18(11)30)13-7-31-8-14(13)29/h1-6,9,13-14,29H,7-8H2/t13-,14-/m1/s1. The Labute approximate surface area is 182 Å². The van der Waals surface area contributed by atoms with Crippen LogP contribution >= 0.6 is 11.3 Å². The Morgan fingerprint density at radius 1 is 1.22 bits per heavy atom. The van der Waals surface area contributed by atoms with Crippen LogP contribution in [-0.2, 0) is 10.9 Å². The highest BCUT2D eigenvalue weighted by molar-refractivity contribution is 7.15. The van der Waals surface area contributed by atoms with E-state index in [1.807, 2.05) is 0 Å². The molecule has 1 saturated heterocycles. The lowest BCUT2D eigenvalue weighted by atomic mass is 10.1. The van der Waals surface area contributed by atoms with E-state index in [0.29, 0.717) is 22.6 Å². The molecule has 5 heterocycles. The lowest BCUT2D eigenvalue weighted by Gasteiger charge is -2.16. The van der Waals surface area contributed by atoms with Crippen LogP contribution in [0.2, 0.25) is 0 Å². The fraction of sp³-hybridized carbons (Fsp3) is 0.250. The number of fused-ring (bicyclic) bond motifs is 1. The lowest BCUT2D eigenvalue weighted by molar-refractivity contribution is -0.137. The first kappa shape index (κ1) is 20.7. The number of hydrogen-bond acceptors (Lipinski definition) is 8. The van der Waals surface area contributed by atoms with Crippen LogP contribution in [0.15, 0.2) is 47.9 Å². The molecule has 2 atom stereocenters. The number of halogens is 3. The quantitative estimate of drug-likeness (QED) is 0.500. The molecule has 8 nitrogen and oxygen atoms in total. The highest BCUT2D eigenvalue weighted by Crippen LogP contribution is 2.37. The third-order valence-corrected chi connectivity index (χ3v) is 6.15. The first-order valence-electron chi connectivity index (χ1n) is 9.44. The second kappa shape index (κ2) is 7.73. The number of aromatic nitrogens is 5. The molecule has 164 valence electrons. The van der Waals surface area contributed by atoms with Gasteiger partial charge >= 0.3 is 6.18 Å². The molecule has 1 N–H and O–H groups in total. The predicted molar refractivity (Wildman–Crippen MR) is 109 cm³/mol. The van der Waals surface area contributed by atoms with E-state index in [1.165, 1.54) is 23.2 Å². The summed E-state index contributed by atoms with van der Waals surface area (Å²) in [6.07, 6.45) is 0.0407. The summed E-state index contributed by atoms with van der Waals surface area (Å²) in [6, 6.07) is 4.18. The smallest absolute Gasteiger partial charge is 0.388 e. The van der Waals surface area contributed by atoms with Crippen LogP contribution in [-0.4, -0.2) is 48.9 Å². The van der Waals surface area contributed by atoms with Crippen molar-refractivity contribution in [2.45, 2.75) is 18.3 Å². The van der Waals surface area contributed by atoms with Crippen molar-refractivity contribution >= 4 is 22.2 Å². The van der Waals surface area contributed by atoms with Gasteiger partial charge in [0.2, 0.25) is 0 Å². The highest BCUT2D eigenvalue weighted by atomic mass is 32.1. The van der Waals surface area contributed by atoms with Gasteiger partial charge in [-0.2, -0.15) is 13.2 Å². The minimum atomic E-state index is -4.58. The van der Waals surface area contributed by atoms with Crippen molar-refractivity contribution in [3.05, 3.63) is 58.5 Å². The highest BCUT2D eigenvalue weighted by Gasteiger charge is 2.35. The molecule has 0 aromatic carbocycles. The molecule has 0 unspecified atom stereocenters. The van der Waals surface area contributed by atoms with E-state index >= 15 is 0 Å². The number of thiazole rings is 1. The Kier molecular flexibility index (Phi) is 4.99. The Morgan fingerprint density at radius 3 is 2.72 bits per heavy atom. The molecule has 0 spiro atoms. The minimum Gasteiger partial charge on any atom is -0.388 e. The number of aliphatic hydroxyl groups excluding tert-OH is 1. The molecule has 32 heavy (non-hydrogen) atoms. The molecule has 12 heteroatoms. The van der Waals surface area contributed by atoms with Crippen LogP contribution in [0.4, 0.5) is 13.2 Å². The molecule has 0 radical (unpaired) electrons. The van der Waals surface area contributed by atoms with Crippen molar-refractivity contribution < 1.29 is 23.0 Å². The fourth-order valence-corrected chi connectivity index (χ4v) is 4.27. The number of ether oxygens (including phenoxy) is 1. The molecule has 1 aliphatic rings. The third-order valence-electron chi connectivity index (χ3n) is 5.08. The topological polar surface area (TPSA) is 103 Å². The van der Waals surface area contributed by atoms with Crippen molar-refractivity contribution in [3.63, 3.8) is 0 Å². The minimum absolute atomic E-state index is 0.0960. The first-order valence-corrected chi connectivity index (χ1v) is 10.3. The summed E-state index contributed by atoms with van der Waals surface area (Å²) in [4.78, 5) is 29.9. The zero-order chi connectivity index (χ0) is 22.5. The molecule has 1 aliphatic heterocycles. The average molecular weight is 461 g/mol. The predicted octanol–water partition coefficient (Wildman–Crippen LogP) is 2.93. The summed E-state index contributed by atoms with van der Waals surface area (Å²) in [5.41, 5.74) is 0.828. The fourth-order valence-electron chi connectivity index (χ4n) is 3.53. The van der Waals surface area contributed by atoms with E-state index in [4.69, 9.17) is 4.74 Å². The van der Waals surface area contributed by atoms with Gasteiger partial charge in [0.25, 0.3) is 5.56 Å². The van der Waals surface area contributed by atoms with Crippen molar-refractivity contribution in [1.29, 1.82) is 0 Å². The Bertz CT molecular complexity index is 1360. The van der Waals surface area contributed by atoms with Crippen LogP contribution in [0.5, 0.6) is 0 Å². The summed E-state index contributed by atoms with van der Waals surface area (Å²) in [5, 5.41) is 9.28. The Hall–Kier alpha value is -3.22. The van der Waals surface area contributed by atoms with Crippen molar-refractivity contribution in [2.75, 3.05) is 13.2 Å². The van der Waals surface area contributed by atoms with Gasteiger partial charge in [0.1, 0.15) is 11.6 Å². The van der Waals surface area contributed by atoms with Crippen LogP contribution in [0.25, 0.3) is 32.7 Å². The number of pyridine rings is 2. The molecule has 0 aliphatic carbocycles. The zero-order valence-corrected chi connectivity index (χ0v) is 17.0. The van der Waals surface area contributed by atoms with Crippen LogP contribution in [0.1, 0.15) is 11.0 Å². The molecule has 4 aromatic heterocycles. The monoisotopic (exact) mass is 461 g/mol. The number of hydrogen-bond donors (Lipinski definition) is 1. The molecule has 5 rings (SSSR count). The van der Waals surface area contributed by atoms with Crippen LogP contribution in [0.3, 0.4) is 0 Å². The molecular formula is C20H14F3N5O3S. The summed E-state index contributed by atoms with van der Waals surface area (Å²) in [6.45, 7) is 0.240. The molecule has 0 bridgehead atoms. The van der Waals surface area contributed by atoms with E-state index in [2.05, 4.69) is 19.9 Å². The van der Waals surface area contributed by atoms with Gasteiger partial charge in [-0.05, 0) is 18.2 Å². The van der Waals surface area contributed by atoms with E-state index < -0.39 is 28.9 Å². The normalized spacial score (nSPS) is 19.0. The maximum atomic E-state index is 13.3. The van der Waals surface area contributed by atoms with Crippen LogP contribution in [0, 0.1) is 0 Å². The van der Waals surface area contributed by atoms with Gasteiger partial charge in [-0.1, -0.05) is 0 Å². The average Bonchev–Trinajstić information content (AvgIpc) is 3.44. The molecule has 1 fully saturated rings. The largest absolute Gasteiger partial charge is 0.443 e. The van der Waals surface area contributed by atoms with Gasteiger partial charge in [0.15, 0.2) is 5.01 Å². The lowest BCUT2D eigenvalue weighted by Crippen LogP contribution is -2.32. The number of rotatable bonds is 3. The van der Waals surface area contributed by atoms with Gasteiger partial charge in [-0.15, -0.1) is 11.3 Å². The van der Waals surface area contributed by atoms with E-state index in [1.54, 1.807) is 18.3 Å². The number of alkyl halides is 3. The molecule has 0 amide bonds. The van der Waals surface area contributed by atoms with Crippen LogP contribution < -0.4 is 5.56 Å². The molecule has 0 saturated carbocycles. The summed E-state index contributed by atoms with van der Waals surface area (Å²) in [7, 11) is 0. The van der Waals surface area contributed by atoms with Gasteiger partial charge in [0.05, 0.1) is 47.2 Å². The third kappa shape index (κ3) is 3.55. The summed E-state index contributed by atoms with van der Waals surface area (Å²) in [5.74, 6) is 0. The van der Waals surface area contributed by atoms with E-state index in [9.17, 15) is 23.1 Å². The number of nitrogens with zero attached hydrogens (tertiary/aromatic N) is 5. The Balaban J connectivity index is 1.75. The van der Waals surface area contributed by atoms with Gasteiger partial charge in [-0.3, -0.25) is 14.3 Å². The Morgan fingerprint density at radius 2 is 2.06 bits per heavy atom. The zero-order valence-electron chi connectivity index (χ0n) is 16.2. The first-order chi connectivity index (χ1) is 15.3. The maximum Gasteiger partial charge on any atom is 0.443 e. The van der Waals surface area contributed by atoms with E-state index in [-0.39, 0.29) is 34.7 Å². The molecule has 4 aromatic rings. The van der Waals surface area contributed by atoms with Crippen molar-refractivity contribution in [3.8, 4) is 21.8 Å². The number of aliphatic hydroxyl groups is 1. The SMILES string of the molecule is O=c1c2cc(-c3cnc(C(F)(F)F)s3)nc(-c3cccnc3)c2ncn1[C@@H]1COC[C@H]1O. The second-order valence-corrected chi connectivity index (χ2v) is 8.18. The van der Waals surface area contributed by atoms with E-state index in [0.717, 1.165) is 6.20 Å².